The summed E-state index contributed by atoms with van der Waals surface area (Å²) in [6.07, 6.45) is 3.99. The van der Waals surface area contributed by atoms with E-state index in [2.05, 4.69) is 5.32 Å². The Kier molecular flexibility index (Phi) is 4.28. The number of nitrogens with one attached hydrogen (secondary N) is 1. The maximum atomic E-state index is 11.8. The topological polar surface area (TPSA) is 42.2 Å². The molecule has 0 saturated heterocycles. The predicted octanol–water partition coefficient (Wildman–Crippen LogP) is 3.56. The Bertz CT molecular complexity index is 538. The molecule has 1 heterocycles. The lowest BCUT2D eigenvalue weighted by molar-refractivity contribution is 0.0954. The Labute approximate surface area is 115 Å². The van der Waals surface area contributed by atoms with Crippen molar-refractivity contribution in [3.63, 3.8) is 0 Å². The first-order chi connectivity index (χ1) is 8.66. The van der Waals surface area contributed by atoms with Crippen LogP contribution in [0.25, 0.3) is 0 Å². The van der Waals surface area contributed by atoms with Gasteiger partial charge in [0, 0.05) is 12.1 Å². The van der Waals surface area contributed by atoms with E-state index in [1.807, 2.05) is 6.07 Å². The van der Waals surface area contributed by atoms with E-state index in [0.717, 1.165) is 12.0 Å². The Morgan fingerprint density at radius 3 is 2.72 bits per heavy atom. The van der Waals surface area contributed by atoms with E-state index in [-0.39, 0.29) is 5.91 Å². The first-order valence-corrected chi connectivity index (χ1v) is 6.17. The lowest BCUT2D eigenvalue weighted by Crippen LogP contribution is -2.25. The highest BCUT2D eigenvalue weighted by atomic mass is 35.5. The van der Waals surface area contributed by atoms with Crippen molar-refractivity contribution >= 4 is 29.1 Å². The minimum atomic E-state index is -0.169. The average molecular weight is 284 g/mol. The zero-order chi connectivity index (χ0) is 13.0. The second kappa shape index (κ2) is 5.94. The van der Waals surface area contributed by atoms with Gasteiger partial charge in [-0.15, -0.1) is 0 Å². The SMILES string of the molecule is O=C(NCCc1ccoc1)c1ccc(Cl)c(Cl)c1. The fraction of sp³-hybridized carbons (Fsp3) is 0.154. The van der Waals surface area contributed by atoms with E-state index < -0.39 is 0 Å². The lowest BCUT2D eigenvalue weighted by Gasteiger charge is -2.05. The molecule has 0 aliphatic carbocycles. The number of halogens is 2. The molecule has 0 aliphatic rings. The number of furan rings is 1. The number of hydrogen-bond donors (Lipinski definition) is 1. The van der Waals surface area contributed by atoms with Crippen molar-refractivity contribution < 1.29 is 9.21 Å². The summed E-state index contributed by atoms with van der Waals surface area (Å²) in [5.41, 5.74) is 1.54. The van der Waals surface area contributed by atoms with E-state index in [1.165, 1.54) is 0 Å². The Morgan fingerprint density at radius 1 is 1.22 bits per heavy atom. The fourth-order valence-electron chi connectivity index (χ4n) is 1.49. The maximum absolute atomic E-state index is 11.8. The van der Waals surface area contributed by atoms with Gasteiger partial charge >= 0.3 is 0 Å². The zero-order valence-corrected chi connectivity index (χ0v) is 11.0. The van der Waals surface area contributed by atoms with Crippen molar-refractivity contribution in [1.29, 1.82) is 0 Å². The zero-order valence-electron chi connectivity index (χ0n) is 9.45. The average Bonchev–Trinajstić information content (AvgIpc) is 2.85. The van der Waals surface area contributed by atoms with Gasteiger partial charge in [0.1, 0.15) is 0 Å². The van der Waals surface area contributed by atoms with E-state index in [1.54, 1.807) is 30.7 Å². The van der Waals surface area contributed by atoms with Gasteiger partial charge in [-0.05, 0) is 36.2 Å². The summed E-state index contributed by atoms with van der Waals surface area (Å²) < 4.78 is 4.94. The molecule has 2 aromatic rings. The van der Waals surface area contributed by atoms with E-state index in [0.29, 0.717) is 22.2 Å². The summed E-state index contributed by atoms with van der Waals surface area (Å²) in [6.45, 7) is 0.540. The Morgan fingerprint density at radius 2 is 2.06 bits per heavy atom. The van der Waals surface area contributed by atoms with Crippen molar-refractivity contribution in [2.75, 3.05) is 6.54 Å². The second-order valence-corrected chi connectivity index (χ2v) is 4.58. The Hall–Kier alpha value is -1.45. The van der Waals surface area contributed by atoms with Crippen LogP contribution in [0.4, 0.5) is 0 Å². The number of hydrogen-bond acceptors (Lipinski definition) is 2. The van der Waals surface area contributed by atoms with Crippen LogP contribution in [0.15, 0.2) is 41.2 Å². The maximum Gasteiger partial charge on any atom is 0.251 e. The van der Waals surface area contributed by atoms with E-state index in [4.69, 9.17) is 27.6 Å². The van der Waals surface area contributed by atoms with Gasteiger partial charge in [0.15, 0.2) is 0 Å². The first kappa shape index (κ1) is 13.0. The van der Waals surface area contributed by atoms with Crippen LogP contribution in [0, 0.1) is 0 Å². The molecular weight excluding hydrogens is 273 g/mol. The molecule has 1 aromatic carbocycles. The molecule has 1 aromatic heterocycles. The summed E-state index contributed by atoms with van der Waals surface area (Å²) in [7, 11) is 0. The molecule has 0 spiro atoms. The van der Waals surface area contributed by atoms with Crippen LogP contribution >= 0.6 is 23.2 Å². The molecule has 0 fully saturated rings. The van der Waals surface area contributed by atoms with Crippen LogP contribution in [0.5, 0.6) is 0 Å². The summed E-state index contributed by atoms with van der Waals surface area (Å²) in [4.78, 5) is 11.8. The number of carbonyl (C=O) groups excluding carboxylic acids is 1. The molecule has 94 valence electrons. The minimum absolute atomic E-state index is 0.169. The largest absolute Gasteiger partial charge is 0.472 e. The number of rotatable bonds is 4. The van der Waals surface area contributed by atoms with Gasteiger partial charge in [-0.3, -0.25) is 4.79 Å². The molecule has 3 nitrogen and oxygen atoms in total. The molecule has 1 N–H and O–H groups in total. The highest BCUT2D eigenvalue weighted by Crippen LogP contribution is 2.22. The second-order valence-electron chi connectivity index (χ2n) is 3.77. The molecule has 0 atom stereocenters. The van der Waals surface area contributed by atoms with Crippen LogP contribution in [-0.4, -0.2) is 12.5 Å². The van der Waals surface area contributed by atoms with Crippen molar-refractivity contribution in [2.24, 2.45) is 0 Å². The third kappa shape index (κ3) is 3.28. The van der Waals surface area contributed by atoms with Crippen LogP contribution in [0.3, 0.4) is 0 Å². The van der Waals surface area contributed by atoms with Crippen LogP contribution in [0.2, 0.25) is 10.0 Å². The monoisotopic (exact) mass is 283 g/mol. The summed E-state index contributed by atoms with van der Waals surface area (Å²) in [6, 6.07) is 6.67. The third-order valence-electron chi connectivity index (χ3n) is 2.46. The smallest absolute Gasteiger partial charge is 0.251 e. The summed E-state index contributed by atoms with van der Waals surface area (Å²) >= 11 is 11.6. The van der Waals surface area contributed by atoms with Gasteiger partial charge in [0.05, 0.1) is 22.6 Å². The number of carbonyl (C=O) groups is 1. The molecular formula is C13H11Cl2NO2. The molecule has 0 bridgehead atoms. The molecule has 5 heteroatoms. The molecule has 0 radical (unpaired) electrons. The fourth-order valence-corrected chi connectivity index (χ4v) is 1.79. The summed E-state index contributed by atoms with van der Waals surface area (Å²) in [5.74, 6) is -0.169. The van der Waals surface area contributed by atoms with Crippen molar-refractivity contribution in [3.8, 4) is 0 Å². The molecule has 0 aliphatic heterocycles. The van der Waals surface area contributed by atoms with Gasteiger partial charge in [-0.25, -0.2) is 0 Å². The Balaban J connectivity index is 1.89. The quantitative estimate of drug-likeness (QED) is 0.932. The van der Waals surface area contributed by atoms with E-state index >= 15 is 0 Å². The van der Waals surface area contributed by atoms with Gasteiger partial charge in [-0.2, -0.15) is 0 Å². The van der Waals surface area contributed by atoms with Gasteiger partial charge in [0.2, 0.25) is 0 Å². The van der Waals surface area contributed by atoms with E-state index in [9.17, 15) is 4.79 Å². The highest BCUT2D eigenvalue weighted by molar-refractivity contribution is 6.42. The third-order valence-corrected chi connectivity index (χ3v) is 3.20. The molecule has 0 saturated carbocycles. The minimum Gasteiger partial charge on any atom is -0.472 e. The molecule has 18 heavy (non-hydrogen) atoms. The van der Waals surface area contributed by atoms with Crippen LogP contribution < -0.4 is 5.32 Å². The summed E-state index contributed by atoms with van der Waals surface area (Å²) in [5, 5.41) is 3.61. The first-order valence-electron chi connectivity index (χ1n) is 5.41. The number of amides is 1. The van der Waals surface area contributed by atoms with Crippen molar-refractivity contribution in [2.45, 2.75) is 6.42 Å². The standard InChI is InChI=1S/C13H11Cl2NO2/c14-11-2-1-10(7-12(11)15)13(17)16-5-3-9-4-6-18-8-9/h1-2,4,6-8H,3,5H2,(H,16,17). The van der Waals surface area contributed by atoms with Gasteiger partial charge in [0.25, 0.3) is 5.91 Å². The number of benzene rings is 1. The van der Waals surface area contributed by atoms with Crippen molar-refractivity contribution in [1.82, 2.24) is 5.32 Å². The lowest BCUT2D eigenvalue weighted by atomic mass is 10.2. The molecule has 2 rings (SSSR count). The molecule has 1 amide bonds. The highest BCUT2D eigenvalue weighted by Gasteiger charge is 2.07. The normalized spacial score (nSPS) is 10.3. The van der Waals surface area contributed by atoms with Gasteiger partial charge < -0.3 is 9.73 Å². The van der Waals surface area contributed by atoms with Crippen LogP contribution in [0.1, 0.15) is 15.9 Å². The van der Waals surface area contributed by atoms with Crippen LogP contribution in [-0.2, 0) is 6.42 Å². The predicted molar refractivity (Wildman–Crippen MR) is 71.2 cm³/mol. The molecule has 0 unspecified atom stereocenters. The van der Waals surface area contributed by atoms with Crippen molar-refractivity contribution in [3.05, 3.63) is 58.0 Å². The van der Waals surface area contributed by atoms with Gasteiger partial charge in [-0.1, -0.05) is 23.2 Å².